The highest BCUT2D eigenvalue weighted by Gasteiger charge is 2.30. The van der Waals surface area contributed by atoms with Gasteiger partial charge >= 0.3 is 6.03 Å². The molecule has 0 saturated carbocycles. The zero-order chi connectivity index (χ0) is 15.9. The summed E-state index contributed by atoms with van der Waals surface area (Å²) in [5.41, 5.74) is 1.74. The topological polar surface area (TPSA) is 59.6 Å². The third kappa shape index (κ3) is 4.45. The molecule has 22 heavy (non-hydrogen) atoms. The van der Waals surface area contributed by atoms with Crippen molar-refractivity contribution in [3.63, 3.8) is 0 Å². The fourth-order valence-electron chi connectivity index (χ4n) is 2.92. The number of urea groups is 1. The Labute approximate surface area is 132 Å². The summed E-state index contributed by atoms with van der Waals surface area (Å²) in [6.07, 6.45) is 1.24. The Morgan fingerprint density at radius 3 is 2.91 bits per heavy atom. The summed E-state index contributed by atoms with van der Waals surface area (Å²) in [6, 6.07) is 7.47. The largest absolute Gasteiger partial charge is 0.380 e. The van der Waals surface area contributed by atoms with E-state index in [0.717, 1.165) is 24.3 Å². The van der Waals surface area contributed by atoms with Gasteiger partial charge in [0.15, 0.2) is 0 Å². The summed E-state index contributed by atoms with van der Waals surface area (Å²) in [5, 5.41) is 5.85. The second-order valence-electron chi connectivity index (χ2n) is 6.05. The maximum absolute atomic E-state index is 12.1. The number of nitrogens with one attached hydrogen (secondary N) is 2. The van der Waals surface area contributed by atoms with Crippen LogP contribution >= 0.6 is 0 Å². The Bertz CT molecular complexity index is 491. The number of para-hydroxylation sites is 1. The molecule has 0 bridgehead atoms. The Balaban J connectivity index is 1.86. The third-order valence-corrected chi connectivity index (χ3v) is 4.01. The molecule has 2 N–H and O–H groups in total. The van der Waals surface area contributed by atoms with Crippen molar-refractivity contribution >= 4 is 11.7 Å². The normalized spacial score (nSPS) is 21.1. The molecule has 1 aromatic rings. The van der Waals surface area contributed by atoms with Gasteiger partial charge in [-0.2, -0.15) is 0 Å². The van der Waals surface area contributed by atoms with E-state index in [9.17, 15) is 4.79 Å². The predicted octanol–water partition coefficient (Wildman–Crippen LogP) is 3.02. The van der Waals surface area contributed by atoms with Crippen molar-refractivity contribution in [2.75, 3.05) is 25.6 Å². The minimum Gasteiger partial charge on any atom is -0.380 e. The van der Waals surface area contributed by atoms with Gasteiger partial charge in [-0.15, -0.1) is 0 Å². The molecule has 2 rings (SSSR count). The average Bonchev–Trinajstić information content (AvgIpc) is 2.96. The number of rotatable bonds is 6. The molecular weight excluding hydrogens is 280 g/mol. The molecule has 5 nitrogen and oxygen atoms in total. The van der Waals surface area contributed by atoms with E-state index in [1.165, 1.54) is 0 Å². The number of benzene rings is 1. The van der Waals surface area contributed by atoms with Crippen LogP contribution in [0.3, 0.4) is 0 Å². The highest BCUT2D eigenvalue weighted by Crippen LogP contribution is 2.26. The lowest BCUT2D eigenvalue weighted by molar-refractivity contribution is 0.0546. The Morgan fingerprint density at radius 2 is 2.18 bits per heavy atom. The Hall–Kier alpha value is -1.59. The SMILES string of the molecule is COCc1ccccc1NC(=O)NCC1CCOC1C(C)C. The molecule has 0 aromatic heterocycles. The van der Waals surface area contributed by atoms with Crippen LogP contribution < -0.4 is 10.6 Å². The van der Waals surface area contributed by atoms with Crippen LogP contribution in [0.25, 0.3) is 0 Å². The van der Waals surface area contributed by atoms with E-state index in [1.54, 1.807) is 7.11 Å². The number of anilines is 1. The van der Waals surface area contributed by atoms with Crippen LogP contribution in [0.5, 0.6) is 0 Å². The lowest BCUT2D eigenvalue weighted by Crippen LogP contribution is -2.37. The molecule has 1 heterocycles. The zero-order valence-corrected chi connectivity index (χ0v) is 13.6. The molecule has 5 heteroatoms. The molecule has 1 aliphatic heterocycles. The third-order valence-electron chi connectivity index (χ3n) is 4.01. The van der Waals surface area contributed by atoms with Gasteiger partial charge in [-0.05, 0) is 18.4 Å². The van der Waals surface area contributed by atoms with Crippen LogP contribution in [0.15, 0.2) is 24.3 Å². The Kier molecular flexibility index (Phi) is 6.21. The lowest BCUT2D eigenvalue weighted by Gasteiger charge is -2.22. The molecule has 1 saturated heterocycles. The van der Waals surface area contributed by atoms with Gasteiger partial charge in [0.05, 0.1) is 12.7 Å². The number of carbonyl (C=O) groups is 1. The molecular formula is C17H26N2O3. The fraction of sp³-hybridized carbons (Fsp3) is 0.588. The molecule has 1 fully saturated rings. The van der Waals surface area contributed by atoms with Crippen LogP contribution in [0.4, 0.5) is 10.5 Å². The van der Waals surface area contributed by atoms with Gasteiger partial charge in [-0.3, -0.25) is 0 Å². The van der Waals surface area contributed by atoms with Crippen molar-refractivity contribution in [3.05, 3.63) is 29.8 Å². The molecule has 2 atom stereocenters. The van der Waals surface area contributed by atoms with Crippen LogP contribution in [-0.4, -0.2) is 32.4 Å². The summed E-state index contributed by atoms with van der Waals surface area (Å²) in [4.78, 5) is 12.1. The molecule has 1 aromatic carbocycles. The highest BCUT2D eigenvalue weighted by atomic mass is 16.5. The van der Waals surface area contributed by atoms with E-state index in [0.29, 0.717) is 25.0 Å². The minimum absolute atomic E-state index is 0.182. The summed E-state index contributed by atoms with van der Waals surface area (Å²) < 4.78 is 10.9. The van der Waals surface area contributed by atoms with Gasteiger partial charge < -0.3 is 20.1 Å². The summed E-state index contributed by atoms with van der Waals surface area (Å²) in [5.74, 6) is 0.861. The van der Waals surface area contributed by atoms with E-state index in [1.807, 2.05) is 24.3 Å². The average molecular weight is 306 g/mol. The van der Waals surface area contributed by atoms with Gasteiger partial charge in [0, 0.05) is 37.4 Å². The number of hydrogen-bond donors (Lipinski definition) is 2. The van der Waals surface area contributed by atoms with Gasteiger partial charge in [0.25, 0.3) is 0 Å². The number of methoxy groups -OCH3 is 1. The first kappa shape index (κ1) is 16.8. The quantitative estimate of drug-likeness (QED) is 0.849. The molecule has 1 aliphatic rings. The van der Waals surface area contributed by atoms with Crippen LogP contribution in [-0.2, 0) is 16.1 Å². The van der Waals surface area contributed by atoms with E-state index in [2.05, 4.69) is 24.5 Å². The predicted molar refractivity (Wildman–Crippen MR) is 86.9 cm³/mol. The van der Waals surface area contributed by atoms with Gasteiger partial charge in [0.1, 0.15) is 0 Å². The van der Waals surface area contributed by atoms with Crippen molar-refractivity contribution in [1.82, 2.24) is 5.32 Å². The zero-order valence-electron chi connectivity index (χ0n) is 13.6. The number of amides is 2. The first-order valence-electron chi connectivity index (χ1n) is 7.85. The van der Waals surface area contributed by atoms with Crippen molar-refractivity contribution in [1.29, 1.82) is 0 Å². The van der Waals surface area contributed by atoms with E-state index in [-0.39, 0.29) is 12.1 Å². The molecule has 0 spiro atoms. The summed E-state index contributed by atoms with van der Waals surface area (Å²) in [7, 11) is 1.64. The summed E-state index contributed by atoms with van der Waals surface area (Å²) >= 11 is 0. The minimum atomic E-state index is -0.182. The van der Waals surface area contributed by atoms with Crippen LogP contribution in [0.2, 0.25) is 0 Å². The first-order valence-corrected chi connectivity index (χ1v) is 7.85. The smallest absolute Gasteiger partial charge is 0.319 e. The lowest BCUT2D eigenvalue weighted by atomic mass is 9.93. The number of carbonyl (C=O) groups excluding carboxylic acids is 1. The molecule has 0 aliphatic carbocycles. The van der Waals surface area contributed by atoms with E-state index in [4.69, 9.17) is 9.47 Å². The van der Waals surface area contributed by atoms with Crippen LogP contribution in [0, 0.1) is 11.8 Å². The number of ether oxygens (including phenoxy) is 2. The summed E-state index contributed by atoms with van der Waals surface area (Å²) in [6.45, 7) is 6.21. The van der Waals surface area contributed by atoms with Gasteiger partial charge in [0.2, 0.25) is 0 Å². The van der Waals surface area contributed by atoms with Crippen LogP contribution in [0.1, 0.15) is 25.8 Å². The standard InChI is InChI=1S/C17H26N2O3/c1-12(2)16-13(8-9-22-16)10-18-17(20)19-15-7-5-4-6-14(15)11-21-3/h4-7,12-13,16H,8-11H2,1-3H3,(H2,18,19,20). The second kappa shape index (κ2) is 8.15. The second-order valence-corrected chi connectivity index (χ2v) is 6.05. The van der Waals surface area contributed by atoms with E-state index >= 15 is 0 Å². The van der Waals surface area contributed by atoms with Crippen molar-refractivity contribution in [3.8, 4) is 0 Å². The molecule has 122 valence electrons. The maximum Gasteiger partial charge on any atom is 0.319 e. The number of hydrogen-bond acceptors (Lipinski definition) is 3. The molecule has 2 unspecified atom stereocenters. The van der Waals surface area contributed by atoms with Crippen molar-refractivity contribution in [2.24, 2.45) is 11.8 Å². The van der Waals surface area contributed by atoms with Gasteiger partial charge in [-0.25, -0.2) is 4.79 Å². The van der Waals surface area contributed by atoms with Crippen molar-refractivity contribution < 1.29 is 14.3 Å². The molecule has 0 radical (unpaired) electrons. The Morgan fingerprint density at radius 1 is 1.41 bits per heavy atom. The van der Waals surface area contributed by atoms with Gasteiger partial charge in [-0.1, -0.05) is 32.0 Å². The maximum atomic E-state index is 12.1. The molecule has 2 amide bonds. The first-order chi connectivity index (χ1) is 10.6. The van der Waals surface area contributed by atoms with Crippen molar-refractivity contribution in [2.45, 2.75) is 33.0 Å². The monoisotopic (exact) mass is 306 g/mol. The highest BCUT2D eigenvalue weighted by molar-refractivity contribution is 5.90. The fourth-order valence-corrected chi connectivity index (χ4v) is 2.92. The van der Waals surface area contributed by atoms with E-state index < -0.39 is 0 Å².